The number of aromatic nitrogens is 2. The van der Waals surface area contributed by atoms with Crippen LogP contribution in [-0.2, 0) is 23.5 Å². The number of nitrogens with one attached hydrogen (secondary N) is 1. The second kappa shape index (κ2) is 6.76. The molecule has 2 bridgehead atoms. The zero-order valence-corrected chi connectivity index (χ0v) is 18.7. The van der Waals surface area contributed by atoms with Crippen LogP contribution < -0.4 is 5.32 Å². The zero-order chi connectivity index (χ0) is 19.9. The van der Waals surface area contributed by atoms with Crippen LogP contribution in [0.1, 0.15) is 30.1 Å². The van der Waals surface area contributed by atoms with Gasteiger partial charge in [0.05, 0.1) is 10.4 Å². The van der Waals surface area contributed by atoms with E-state index >= 15 is 0 Å². The van der Waals surface area contributed by atoms with E-state index < -0.39 is 10.0 Å². The number of aryl methyl sites for hydroxylation is 1. The van der Waals surface area contributed by atoms with Crippen molar-refractivity contribution < 1.29 is 8.42 Å². The van der Waals surface area contributed by atoms with Crippen LogP contribution in [0.25, 0.3) is 21.8 Å². The van der Waals surface area contributed by atoms with Crippen molar-refractivity contribution in [1.82, 2.24) is 13.9 Å². The van der Waals surface area contributed by atoms with E-state index in [4.69, 9.17) is 11.6 Å². The molecule has 2 aliphatic heterocycles. The average Bonchev–Trinajstić information content (AvgIpc) is 3.37. The van der Waals surface area contributed by atoms with E-state index in [1.807, 2.05) is 12.1 Å². The van der Waals surface area contributed by atoms with Crippen LogP contribution in [-0.4, -0.2) is 23.0 Å². The smallest absolute Gasteiger partial charge is 0.268 e. The van der Waals surface area contributed by atoms with Gasteiger partial charge in [-0.05, 0) is 60.9 Å². The van der Waals surface area contributed by atoms with E-state index in [1.54, 1.807) is 36.5 Å². The minimum absolute atomic E-state index is 0. The fourth-order valence-electron chi connectivity index (χ4n) is 5.15. The van der Waals surface area contributed by atoms with Crippen LogP contribution in [0.3, 0.4) is 0 Å². The summed E-state index contributed by atoms with van der Waals surface area (Å²) in [7, 11) is -1.63. The first-order valence-corrected chi connectivity index (χ1v) is 11.6. The van der Waals surface area contributed by atoms with Crippen molar-refractivity contribution in [3.63, 3.8) is 0 Å². The summed E-state index contributed by atoms with van der Waals surface area (Å²) >= 11 is 6.06. The molecule has 1 saturated heterocycles. The predicted molar refractivity (Wildman–Crippen MR) is 122 cm³/mol. The van der Waals surface area contributed by atoms with Gasteiger partial charge in [0.2, 0.25) is 0 Å². The molecule has 6 rings (SSSR count). The van der Waals surface area contributed by atoms with Gasteiger partial charge in [0.25, 0.3) is 10.0 Å². The summed E-state index contributed by atoms with van der Waals surface area (Å²) in [5, 5.41) is 6.13. The highest BCUT2D eigenvalue weighted by Gasteiger charge is 2.36. The topological polar surface area (TPSA) is 56.0 Å². The summed E-state index contributed by atoms with van der Waals surface area (Å²) in [6.07, 6.45) is 4.89. The van der Waals surface area contributed by atoms with Gasteiger partial charge in [-0.2, -0.15) is 0 Å². The first-order chi connectivity index (χ1) is 13.9. The molecule has 0 saturated carbocycles. The Kier molecular flexibility index (Phi) is 4.49. The fourth-order valence-corrected chi connectivity index (χ4v) is 6.71. The first-order valence-electron chi connectivity index (χ1n) is 9.83. The normalized spacial score (nSPS) is 20.5. The highest BCUT2D eigenvalue weighted by molar-refractivity contribution is 7.90. The lowest BCUT2D eigenvalue weighted by atomic mass is 9.99. The first kappa shape index (κ1) is 19.9. The van der Waals surface area contributed by atoms with Crippen LogP contribution in [0.15, 0.2) is 53.6 Å². The lowest BCUT2D eigenvalue weighted by molar-refractivity contribution is 0.503. The molecule has 2 atom stereocenters. The fraction of sp³-hybridized carbons (Fsp3) is 0.273. The largest absolute Gasteiger partial charge is 0.347 e. The Morgan fingerprint density at radius 2 is 1.87 bits per heavy atom. The molecule has 1 fully saturated rings. The van der Waals surface area contributed by atoms with Crippen LogP contribution in [0.4, 0.5) is 0 Å². The van der Waals surface area contributed by atoms with Gasteiger partial charge in [0.15, 0.2) is 0 Å². The van der Waals surface area contributed by atoms with E-state index in [0.717, 1.165) is 29.1 Å². The number of fused-ring (bicyclic) bond motifs is 7. The summed E-state index contributed by atoms with van der Waals surface area (Å²) in [4.78, 5) is 0.311. The van der Waals surface area contributed by atoms with Crippen LogP contribution >= 0.6 is 24.0 Å². The lowest BCUT2D eigenvalue weighted by Gasteiger charge is -2.23. The second-order valence-corrected chi connectivity index (χ2v) is 10.4. The Bertz CT molecular complexity index is 1420. The molecule has 2 unspecified atom stereocenters. The van der Waals surface area contributed by atoms with Crippen LogP contribution in [0.5, 0.6) is 0 Å². The van der Waals surface area contributed by atoms with Gasteiger partial charge in [-0.25, -0.2) is 12.4 Å². The van der Waals surface area contributed by atoms with Crippen molar-refractivity contribution in [2.24, 2.45) is 7.05 Å². The van der Waals surface area contributed by atoms with Crippen molar-refractivity contribution in [2.75, 3.05) is 0 Å². The van der Waals surface area contributed by atoms with Crippen molar-refractivity contribution in [2.45, 2.75) is 36.2 Å². The van der Waals surface area contributed by atoms with Crippen LogP contribution in [0.2, 0.25) is 5.02 Å². The molecule has 4 heterocycles. The Morgan fingerprint density at radius 3 is 2.70 bits per heavy atom. The third-order valence-electron chi connectivity index (χ3n) is 6.54. The van der Waals surface area contributed by atoms with Gasteiger partial charge in [0, 0.05) is 58.8 Å². The Balaban J connectivity index is 0.00000193. The number of hydrogen-bond acceptors (Lipinski definition) is 3. The van der Waals surface area contributed by atoms with Crippen LogP contribution in [0, 0.1) is 0 Å². The van der Waals surface area contributed by atoms with E-state index in [9.17, 15) is 8.42 Å². The third-order valence-corrected chi connectivity index (χ3v) is 8.46. The van der Waals surface area contributed by atoms with E-state index in [2.05, 4.69) is 16.9 Å². The molecule has 0 spiro atoms. The summed E-state index contributed by atoms with van der Waals surface area (Å²) in [5.74, 6) is 0. The molecular weight excluding hydrogens is 441 g/mol. The summed E-state index contributed by atoms with van der Waals surface area (Å²) in [6.45, 7) is 0. The summed E-state index contributed by atoms with van der Waals surface area (Å²) in [6, 6.07) is 13.4. The molecule has 2 aromatic heterocycles. The van der Waals surface area contributed by atoms with Crippen molar-refractivity contribution in [3.05, 3.63) is 64.9 Å². The van der Waals surface area contributed by atoms with Gasteiger partial charge in [-0.1, -0.05) is 11.6 Å². The maximum absolute atomic E-state index is 13.5. The zero-order valence-electron chi connectivity index (χ0n) is 16.3. The molecule has 5 nitrogen and oxygen atoms in total. The molecule has 1 N–H and O–H groups in total. The van der Waals surface area contributed by atoms with Gasteiger partial charge >= 0.3 is 0 Å². The maximum atomic E-state index is 13.5. The molecule has 8 heteroatoms. The minimum atomic E-state index is -3.71. The molecule has 0 amide bonds. The van der Waals surface area contributed by atoms with Gasteiger partial charge < -0.3 is 9.88 Å². The lowest BCUT2D eigenvalue weighted by Crippen LogP contribution is -2.32. The van der Waals surface area contributed by atoms with E-state index in [0.29, 0.717) is 27.5 Å². The molecule has 2 aliphatic rings. The SMILES string of the molecule is Cl.Cn1c2c(c3cc(S(=O)(=O)n4ccc5cc(Cl)ccc54)ccc31)C1CCC(C2)N1. The van der Waals surface area contributed by atoms with Crippen molar-refractivity contribution >= 4 is 55.8 Å². The standard InChI is InChI=1S/C22H20ClN3O2S.ClH/c1-25-20-7-4-16(12-17(20)22-18-5-3-15(24-18)11-21(22)25)29(27,28)26-9-8-13-10-14(23)2-6-19(13)26;/h2,4,6-10,12,15,18,24H,3,5,11H2,1H3;1H. The Labute approximate surface area is 186 Å². The second-order valence-electron chi connectivity index (χ2n) is 8.12. The van der Waals surface area contributed by atoms with Gasteiger partial charge in [-0.15, -0.1) is 12.4 Å². The highest BCUT2D eigenvalue weighted by atomic mass is 35.5. The number of rotatable bonds is 2. The number of benzene rings is 2. The summed E-state index contributed by atoms with van der Waals surface area (Å²) < 4.78 is 30.5. The van der Waals surface area contributed by atoms with E-state index in [-0.39, 0.29) is 12.4 Å². The van der Waals surface area contributed by atoms with Gasteiger partial charge in [-0.3, -0.25) is 0 Å². The van der Waals surface area contributed by atoms with E-state index in [1.165, 1.54) is 21.7 Å². The Morgan fingerprint density at radius 1 is 1.07 bits per heavy atom. The number of halogens is 2. The van der Waals surface area contributed by atoms with Gasteiger partial charge in [0.1, 0.15) is 0 Å². The molecular formula is C22H21Cl2N3O2S. The Hall–Kier alpha value is -1.99. The molecule has 2 aromatic carbocycles. The highest BCUT2D eigenvalue weighted by Crippen LogP contribution is 2.42. The number of nitrogens with zero attached hydrogens (tertiary/aromatic N) is 2. The molecule has 156 valence electrons. The maximum Gasteiger partial charge on any atom is 0.268 e. The average molecular weight is 462 g/mol. The third kappa shape index (κ3) is 2.67. The summed E-state index contributed by atoms with van der Waals surface area (Å²) in [5.41, 5.74) is 4.33. The number of hydrogen-bond donors (Lipinski definition) is 1. The molecule has 0 aliphatic carbocycles. The monoisotopic (exact) mass is 461 g/mol. The molecule has 0 radical (unpaired) electrons. The minimum Gasteiger partial charge on any atom is -0.347 e. The van der Waals surface area contributed by atoms with Crippen molar-refractivity contribution in [1.29, 1.82) is 0 Å². The van der Waals surface area contributed by atoms with Crippen molar-refractivity contribution in [3.8, 4) is 0 Å². The molecule has 4 aromatic rings. The quantitative estimate of drug-likeness (QED) is 0.466. The molecule has 30 heavy (non-hydrogen) atoms. The predicted octanol–water partition coefficient (Wildman–Crippen LogP) is 4.79.